The molecule has 9 aromatic rings. The lowest BCUT2D eigenvalue weighted by Crippen LogP contribution is -2.20. The van der Waals surface area contributed by atoms with Gasteiger partial charge in [0.2, 0.25) is 5.95 Å². The first-order valence-electron chi connectivity index (χ1n) is 16.0. The molecular formula is C42H28N4O. The van der Waals surface area contributed by atoms with Crippen LogP contribution in [0.5, 0.6) is 0 Å². The molecule has 0 fully saturated rings. The Morgan fingerprint density at radius 2 is 1.28 bits per heavy atom. The average molecular weight is 605 g/mol. The van der Waals surface area contributed by atoms with E-state index in [0.29, 0.717) is 17.0 Å². The third-order valence-corrected chi connectivity index (χ3v) is 10.2. The minimum Gasteiger partial charge on any atom is -0.278 e. The van der Waals surface area contributed by atoms with Gasteiger partial charge in [-0.25, -0.2) is 4.98 Å². The number of fused-ring (bicyclic) bond motifs is 11. The van der Waals surface area contributed by atoms with Crippen LogP contribution in [0.25, 0.3) is 77.1 Å². The first-order valence-corrected chi connectivity index (χ1v) is 16.0. The van der Waals surface area contributed by atoms with Gasteiger partial charge in [0, 0.05) is 33.2 Å². The number of benzene rings is 6. The molecule has 0 spiro atoms. The van der Waals surface area contributed by atoms with E-state index in [2.05, 4.69) is 91.2 Å². The Labute approximate surface area is 270 Å². The molecule has 0 atom stereocenters. The van der Waals surface area contributed by atoms with Gasteiger partial charge in [0.15, 0.2) is 5.65 Å². The third-order valence-electron chi connectivity index (χ3n) is 10.2. The van der Waals surface area contributed by atoms with E-state index in [-0.39, 0.29) is 11.0 Å². The fourth-order valence-corrected chi connectivity index (χ4v) is 8.04. The maximum Gasteiger partial charge on any atom is 0.264 e. The van der Waals surface area contributed by atoms with E-state index in [4.69, 9.17) is 9.97 Å². The first kappa shape index (κ1) is 26.2. The van der Waals surface area contributed by atoms with E-state index < -0.39 is 0 Å². The molecule has 3 aromatic heterocycles. The standard InChI is InChI=1S/C42H28N4O/c1-42(2)35-23-37-33(22-32(35)30-21-20-25-12-6-7-15-27(25)38(30)42)29-17-10-11-19-36(29)46(37)41-43-24-34-28-16-8-9-18-31(28)40(47)45(39(34)44-41)26-13-4-3-5-14-26/h3-24H,1-2H3. The van der Waals surface area contributed by atoms with Crippen molar-refractivity contribution in [2.75, 3.05) is 0 Å². The van der Waals surface area contributed by atoms with E-state index in [1.165, 1.54) is 33.0 Å². The van der Waals surface area contributed by atoms with Crippen molar-refractivity contribution in [1.82, 2.24) is 19.1 Å². The van der Waals surface area contributed by atoms with Crippen LogP contribution >= 0.6 is 0 Å². The molecule has 6 aromatic carbocycles. The summed E-state index contributed by atoms with van der Waals surface area (Å²) in [6.45, 7) is 4.66. The van der Waals surface area contributed by atoms with Crippen LogP contribution in [-0.4, -0.2) is 19.1 Å². The fourth-order valence-electron chi connectivity index (χ4n) is 8.04. The highest BCUT2D eigenvalue weighted by Gasteiger charge is 2.38. The van der Waals surface area contributed by atoms with Crippen molar-refractivity contribution < 1.29 is 0 Å². The van der Waals surface area contributed by atoms with Crippen molar-refractivity contribution in [3.63, 3.8) is 0 Å². The highest BCUT2D eigenvalue weighted by atomic mass is 16.1. The number of para-hydroxylation sites is 2. The number of pyridine rings is 1. The molecule has 3 heterocycles. The fraction of sp³-hybridized carbons (Fsp3) is 0.0714. The topological polar surface area (TPSA) is 52.7 Å². The first-order chi connectivity index (χ1) is 23.0. The molecule has 0 amide bonds. The summed E-state index contributed by atoms with van der Waals surface area (Å²) in [6.07, 6.45) is 1.87. The van der Waals surface area contributed by atoms with Gasteiger partial charge in [-0.3, -0.25) is 13.9 Å². The summed E-state index contributed by atoms with van der Waals surface area (Å²) >= 11 is 0. The lowest BCUT2D eigenvalue weighted by atomic mass is 9.80. The van der Waals surface area contributed by atoms with E-state index in [9.17, 15) is 4.79 Å². The summed E-state index contributed by atoms with van der Waals surface area (Å²) in [5.74, 6) is 0.529. The lowest BCUT2D eigenvalue weighted by molar-refractivity contribution is 0.667. The van der Waals surface area contributed by atoms with Gasteiger partial charge >= 0.3 is 0 Å². The van der Waals surface area contributed by atoms with Crippen LogP contribution in [0, 0.1) is 0 Å². The molecule has 1 aliphatic carbocycles. The third kappa shape index (κ3) is 3.46. The van der Waals surface area contributed by atoms with Crippen molar-refractivity contribution in [2.45, 2.75) is 19.3 Å². The predicted octanol–water partition coefficient (Wildman–Crippen LogP) is 9.49. The van der Waals surface area contributed by atoms with Gasteiger partial charge in [0.1, 0.15) is 0 Å². The number of hydrogen-bond acceptors (Lipinski definition) is 3. The van der Waals surface area contributed by atoms with Crippen LogP contribution in [0.4, 0.5) is 0 Å². The minimum absolute atomic E-state index is 0.101. The normalized spacial score (nSPS) is 13.6. The molecule has 0 unspecified atom stereocenters. The van der Waals surface area contributed by atoms with Gasteiger partial charge in [-0.05, 0) is 74.8 Å². The van der Waals surface area contributed by atoms with Crippen LogP contribution < -0.4 is 5.56 Å². The predicted molar refractivity (Wildman–Crippen MR) is 192 cm³/mol. The summed E-state index contributed by atoms with van der Waals surface area (Å²) in [5, 5.41) is 7.16. The molecule has 0 saturated heterocycles. The molecule has 1 aliphatic rings. The molecule has 0 radical (unpaired) electrons. The molecule has 0 bridgehead atoms. The number of rotatable bonds is 2. The number of nitrogens with zero attached hydrogens (tertiary/aromatic N) is 4. The van der Waals surface area contributed by atoms with Gasteiger partial charge in [-0.1, -0.05) is 105 Å². The maximum atomic E-state index is 14.1. The monoisotopic (exact) mass is 604 g/mol. The molecule has 0 N–H and O–H groups in total. The largest absolute Gasteiger partial charge is 0.278 e. The average Bonchev–Trinajstić information content (AvgIpc) is 3.56. The van der Waals surface area contributed by atoms with Crippen LogP contribution in [-0.2, 0) is 5.41 Å². The molecule has 10 rings (SSSR count). The molecule has 5 heteroatoms. The SMILES string of the molecule is CC1(C)c2cc3c(cc2-c2ccc4ccccc4c21)c1ccccc1n3-c1ncc2c3ccccc3c(=O)n(-c3ccccc3)c2n1. The molecule has 0 aliphatic heterocycles. The van der Waals surface area contributed by atoms with Gasteiger partial charge in [0.05, 0.1) is 16.7 Å². The van der Waals surface area contributed by atoms with Crippen LogP contribution in [0.1, 0.15) is 25.0 Å². The highest BCUT2D eigenvalue weighted by Crippen LogP contribution is 2.53. The summed E-state index contributed by atoms with van der Waals surface area (Å²) in [7, 11) is 0. The summed E-state index contributed by atoms with van der Waals surface area (Å²) in [4.78, 5) is 24.3. The lowest BCUT2D eigenvalue weighted by Gasteiger charge is -2.23. The van der Waals surface area contributed by atoms with Crippen molar-refractivity contribution in [1.29, 1.82) is 0 Å². The Balaban J connectivity index is 1.30. The Morgan fingerprint density at radius 3 is 2.11 bits per heavy atom. The maximum absolute atomic E-state index is 14.1. The molecule has 5 nitrogen and oxygen atoms in total. The van der Waals surface area contributed by atoms with Crippen molar-refractivity contribution in [2.24, 2.45) is 0 Å². The second-order valence-electron chi connectivity index (χ2n) is 13.0. The Kier molecular flexibility index (Phi) is 5.15. The molecule has 222 valence electrons. The summed E-state index contributed by atoms with van der Waals surface area (Å²) < 4.78 is 3.88. The van der Waals surface area contributed by atoms with Crippen LogP contribution in [0.2, 0.25) is 0 Å². The van der Waals surface area contributed by atoms with Crippen LogP contribution in [0.15, 0.2) is 138 Å². The molecule has 0 saturated carbocycles. The highest BCUT2D eigenvalue weighted by molar-refractivity contribution is 6.12. The smallest absolute Gasteiger partial charge is 0.264 e. The second kappa shape index (κ2) is 9.24. The van der Waals surface area contributed by atoms with Gasteiger partial charge < -0.3 is 0 Å². The van der Waals surface area contributed by atoms with Crippen LogP contribution in [0.3, 0.4) is 0 Å². The Bertz CT molecular complexity index is 2840. The van der Waals surface area contributed by atoms with E-state index in [1.54, 1.807) is 4.57 Å². The zero-order chi connectivity index (χ0) is 31.4. The van der Waals surface area contributed by atoms with E-state index >= 15 is 0 Å². The van der Waals surface area contributed by atoms with E-state index in [1.807, 2.05) is 60.8 Å². The van der Waals surface area contributed by atoms with Gasteiger partial charge in [0.25, 0.3) is 5.56 Å². The van der Waals surface area contributed by atoms with Gasteiger partial charge in [-0.2, -0.15) is 4.98 Å². The quantitative estimate of drug-likeness (QED) is 0.185. The van der Waals surface area contributed by atoms with E-state index in [0.717, 1.165) is 38.3 Å². The number of aromatic nitrogens is 4. The Hall–Kier alpha value is -6.07. The molecule has 47 heavy (non-hydrogen) atoms. The zero-order valence-corrected chi connectivity index (χ0v) is 25.9. The number of hydrogen-bond donors (Lipinski definition) is 0. The van der Waals surface area contributed by atoms with Crippen molar-refractivity contribution in [3.05, 3.63) is 155 Å². The summed E-state index contributed by atoms with van der Waals surface area (Å²) in [5.41, 5.74) is 8.33. The zero-order valence-electron chi connectivity index (χ0n) is 25.9. The van der Waals surface area contributed by atoms with Gasteiger partial charge in [-0.15, -0.1) is 0 Å². The second-order valence-corrected chi connectivity index (χ2v) is 13.0. The molecular weight excluding hydrogens is 576 g/mol. The Morgan fingerprint density at radius 1 is 0.574 bits per heavy atom. The van der Waals surface area contributed by atoms with Crippen molar-refractivity contribution in [3.8, 4) is 22.8 Å². The van der Waals surface area contributed by atoms with Crippen molar-refractivity contribution >= 4 is 54.4 Å². The minimum atomic E-state index is -0.210. The summed E-state index contributed by atoms with van der Waals surface area (Å²) in [6, 6.07) is 43.8.